The third-order valence-electron chi connectivity index (χ3n) is 3.65. The van der Waals surface area contributed by atoms with E-state index in [1.165, 1.54) is 43.3 Å². The topological polar surface area (TPSA) is 75.7 Å². The van der Waals surface area contributed by atoms with Crippen LogP contribution < -0.4 is 14.4 Å². The number of amides is 1. The predicted molar refractivity (Wildman–Crippen MR) is 103 cm³/mol. The largest absolute Gasteiger partial charge is 0.492 e. The van der Waals surface area contributed by atoms with Crippen LogP contribution in [-0.4, -0.2) is 39.8 Å². The van der Waals surface area contributed by atoms with Gasteiger partial charge in [0.05, 0.1) is 18.5 Å². The Morgan fingerprint density at radius 3 is 2.33 bits per heavy atom. The number of nitrogens with one attached hydrogen (secondary N) is 1. The molecule has 0 heterocycles. The summed E-state index contributed by atoms with van der Waals surface area (Å²) in [6.07, 6.45) is 1.03. The number of halogens is 2. The summed E-state index contributed by atoms with van der Waals surface area (Å²) in [7, 11) is -3.69. The van der Waals surface area contributed by atoms with Crippen LogP contribution in [0.4, 0.5) is 10.1 Å². The number of carbonyl (C=O) groups excluding carboxylic acids is 1. The number of hydrogen-bond donors (Lipinski definition) is 1. The highest BCUT2D eigenvalue weighted by atomic mass is 35.5. The van der Waals surface area contributed by atoms with Gasteiger partial charge in [0.2, 0.25) is 15.9 Å². The summed E-state index contributed by atoms with van der Waals surface area (Å²) in [6.45, 7) is 1.81. The second-order valence-corrected chi connectivity index (χ2v) is 8.10. The van der Waals surface area contributed by atoms with Gasteiger partial charge in [-0.1, -0.05) is 11.6 Å². The Labute approximate surface area is 162 Å². The molecule has 6 nitrogen and oxygen atoms in total. The van der Waals surface area contributed by atoms with Crippen LogP contribution in [0.1, 0.15) is 6.92 Å². The Hall–Kier alpha value is -2.32. The normalized spacial score (nSPS) is 12.3. The second-order valence-electron chi connectivity index (χ2n) is 5.80. The molecule has 1 N–H and O–H groups in total. The summed E-state index contributed by atoms with van der Waals surface area (Å²) in [5.41, 5.74) is 0.340. The molecule has 0 bridgehead atoms. The van der Waals surface area contributed by atoms with Crippen LogP contribution in [0.2, 0.25) is 5.02 Å². The van der Waals surface area contributed by atoms with E-state index in [1.54, 1.807) is 12.1 Å². The summed E-state index contributed by atoms with van der Waals surface area (Å²) in [6, 6.07) is 10.7. The quantitative estimate of drug-likeness (QED) is 0.674. The molecule has 0 saturated heterocycles. The lowest BCUT2D eigenvalue weighted by molar-refractivity contribution is -0.121. The Bertz CT molecular complexity index is 873. The number of ether oxygens (including phenoxy) is 1. The maximum Gasteiger partial charge on any atom is 0.243 e. The van der Waals surface area contributed by atoms with Gasteiger partial charge in [-0.2, -0.15) is 0 Å². The van der Waals surface area contributed by atoms with Crippen molar-refractivity contribution in [1.29, 1.82) is 0 Å². The lowest BCUT2D eigenvalue weighted by Gasteiger charge is -2.28. The van der Waals surface area contributed by atoms with Crippen molar-refractivity contribution in [2.75, 3.05) is 23.7 Å². The highest BCUT2D eigenvalue weighted by Crippen LogP contribution is 2.23. The van der Waals surface area contributed by atoms with Gasteiger partial charge in [0.15, 0.2) is 0 Å². The number of anilines is 1. The molecule has 27 heavy (non-hydrogen) atoms. The van der Waals surface area contributed by atoms with Crippen molar-refractivity contribution >= 4 is 33.2 Å². The molecule has 1 amide bonds. The Kier molecular flexibility index (Phi) is 7.04. The lowest BCUT2D eigenvalue weighted by Crippen LogP contribution is -2.48. The van der Waals surface area contributed by atoms with Gasteiger partial charge in [0.25, 0.3) is 0 Å². The summed E-state index contributed by atoms with van der Waals surface area (Å²) in [4.78, 5) is 12.4. The number of carbonyl (C=O) groups is 1. The van der Waals surface area contributed by atoms with E-state index in [2.05, 4.69) is 5.32 Å². The minimum absolute atomic E-state index is 0.157. The van der Waals surface area contributed by atoms with Crippen LogP contribution in [0.5, 0.6) is 5.75 Å². The number of hydrogen-bond acceptors (Lipinski definition) is 4. The summed E-state index contributed by atoms with van der Waals surface area (Å²) in [5.74, 6) is -0.372. The molecule has 2 aromatic rings. The van der Waals surface area contributed by atoms with Gasteiger partial charge in [0.1, 0.15) is 24.2 Å². The fourth-order valence-electron chi connectivity index (χ4n) is 2.42. The van der Waals surface area contributed by atoms with Crippen LogP contribution in [0.3, 0.4) is 0 Å². The number of benzene rings is 2. The van der Waals surface area contributed by atoms with Crippen LogP contribution in [0.25, 0.3) is 0 Å². The monoisotopic (exact) mass is 414 g/mol. The van der Waals surface area contributed by atoms with Gasteiger partial charge in [-0.05, 0) is 55.5 Å². The Morgan fingerprint density at radius 1 is 1.19 bits per heavy atom. The van der Waals surface area contributed by atoms with E-state index in [0.29, 0.717) is 16.5 Å². The molecule has 0 fully saturated rings. The zero-order valence-electron chi connectivity index (χ0n) is 14.9. The van der Waals surface area contributed by atoms with Crippen LogP contribution in [-0.2, 0) is 14.8 Å². The van der Waals surface area contributed by atoms with Crippen molar-refractivity contribution in [1.82, 2.24) is 5.32 Å². The summed E-state index contributed by atoms with van der Waals surface area (Å²) in [5, 5.41) is 3.09. The van der Waals surface area contributed by atoms with Crippen LogP contribution in [0, 0.1) is 5.82 Å². The summed E-state index contributed by atoms with van der Waals surface area (Å²) < 4.78 is 43.6. The van der Waals surface area contributed by atoms with Gasteiger partial charge >= 0.3 is 0 Å². The molecule has 0 radical (unpaired) electrons. The van der Waals surface area contributed by atoms with Crippen molar-refractivity contribution in [3.05, 3.63) is 59.4 Å². The molecule has 146 valence electrons. The first-order chi connectivity index (χ1) is 12.7. The molecule has 0 aromatic heterocycles. The standard InChI is InChI=1S/C18H20ClFN2O4S/c1-13(22(27(2,24)25)16-7-3-14(19)4-8-16)18(23)21-11-12-26-17-9-5-15(20)6-10-17/h3-10,13H,11-12H2,1-2H3,(H,21,23)/t13-/m0/s1. The molecular formula is C18H20ClFN2O4S. The van der Waals surface area contributed by atoms with E-state index < -0.39 is 22.0 Å². The molecule has 0 aliphatic carbocycles. The highest BCUT2D eigenvalue weighted by molar-refractivity contribution is 7.92. The highest BCUT2D eigenvalue weighted by Gasteiger charge is 2.28. The fraction of sp³-hybridized carbons (Fsp3) is 0.278. The molecular weight excluding hydrogens is 395 g/mol. The molecule has 9 heteroatoms. The molecule has 0 saturated carbocycles. The third kappa shape index (κ3) is 6.11. The van der Waals surface area contributed by atoms with Crippen molar-refractivity contribution in [3.63, 3.8) is 0 Å². The number of nitrogens with zero attached hydrogens (tertiary/aromatic N) is 1. The fourth-order valence-corrected chi connectivity index (χ4v) is 3.72. The first-order valence-corrected chi connectivity index (χ1v) is 10.3. The maximum absolute atomic E-state index is 12.8. The first-order valence-electron chi connectivity index (χ1n) is 8.09. The number of rotatable bonds is 8. The SMILES string of the molecule is C[C@@H](C(=O)NCCOc1ccc(F)cc1)N(c1ccc(Cl)cc1)S(C)(=O)=O. The molecule has 0 aliphatic heterocycles. The minimum Gasteiger partial charge on any atom is -0.492 e. The third-order valence-corrected chi connectivity index (χ3v) is 5.15. The van der Waals surface area contributed by atoms with E-state index in [1.807, 2.05) is 0 Å². The van der Waals surface area contributed by atoms with E-state index in [0.717, 1.165) is 10.6 Å². The zero-order chi connectivity index (χ0) is 20.0. The average molecular weight is 415 g/mol. The van der Waals surface area contributed by atoms with Crippen molar-refractivity contribution < 1.29 is 22.3 Å². The van der Waals surface area contributed by atoms with Crippen LogP contribution in [0.15, 0.2) is 48.5 Å². The summed E-state index contributed by atoms with van der Waals surface area (Å²) >= 11 is 5.83. The Balaban J connectivity index is 1.96. The van der Waals surface area contributed by atoms with E-state index >= 15 is 0 Å². The smallest absolute Gasteiger partial charge is 0.243 e. The van der Waals surface area contributed by atoms with Gasteiger partial charge < -0.3 is 10.1 Å². The molecule has 2 aromatic carbocycles. The van der Waals surface area contributed by atoms with E-state index in [-0.39, 0.29) is 19.0 Å². The van der Waals surface area contributed by atoms with E-state index in [9.17, 15) is 17.6 Å². The van der Waals surface area contributed by atoms with Crippen molar-refractivity contribution in [2.45, 2.75) is 13.0 Å². The number of sulfonamides is 1. The maximum atomic E-state index is 12.8. The van der Waals surface area contributed by atoms with Gasteiger partial charge in [-0.25, -0.2) is 12.8 Å². The van der Waals surface area contributed by atoms with Gasteiger partial charge in [0, 0.05) is 5.02 Å². The average Bonchev–Trinajstić information content (AvgIpc) is 2.60. The Morgan fingerprint density at radius 2 is 1.78 bits per heavy atom. The van der Waals surface area contributed by atoms with Crippen molar-refractivity contribution in [3.8, 4) is 5.75 Å². The molecule has 2 rings (SSSR count). The van der Waals surface area contributed by atoms with Crippen molar-refractivity contribution in [2.24, 2.45) is 0 Å². The van der Waals surface area contributed by atoms with Gasteiger partial charge in [-0.3, -0.25) is 9.10 Å². The minimum atomic E-state index is -3.69. The van der Waals surface area contributed by atoms with Gasteiger partial charge in [-0.15, -0.1) is 0 Å². The van der Waals surface area contributed by atoms with Crippen LogP contribution >= 0.6 is 11.6 Å². The molecule has 1 atom stereocenters. The predicted octanol–water partition coefficient (Wildman–Crippen LogP) is 2.83. The second kappa shape index (κ2) is 9.05. The first kappa shape index (κ1) is 21.0. The zero-order valence-corrected chi connectivity index (χ0v) is 16.4. The van der Waals surface area contributed by atoms with E-state index in [4.69, 9.17) is 16.3 Å². The lowest BCUT2D eigenvalue weighted by atomic mass is 10.2. The molecule has 0 aliphatic rings. The molecule has 0 spiro atoms. The molecule has 0 unspecified atom stereocenters.